The highest BCUT2D eigenvalue weighted by Crippen LogP contribution is 2.17. The zero-order valence-electron chi connectivity index (χ0n) is 16.9. The van der Waals surface area contributed by atoms with E-state index >= 15 is 0 Å². The van der Waals surface area contributed by atoms with Gasteiger partial charge in [0.25, 0.3) is 5.91 Å². The lowest BCUT2D eigenvalue weighted by Crippen LogP contribution is -2.54. The van der Waals surface area contributed by atoms with Crippen LogP contribution in [0.15, 0.2) is 54.6 Å². The number of rotatable bonds is 5. The van der Waals surface area contributed by atoms with Gasteiger partial charge in [0, 0.05) is 48.6 Å². The first-order valence-electron chi connectivity index (χ1n) is 10.1. The number of para-hydroxylation sites is 1. The maximum Gasteiger partial charge on any atom is 0.270 e. The molecule has 1 aromatic heterocycles. The summed E-state index contributed by atoms with van der Waals surface area (Å²) in [5.41, 5.74) is 2.58. The molecule has 2 amide bonds. The molecule has 0 aliphatic carbocycles. The Labute approximate surface area is 180 Å². The number of carbonyl (C=O) groups excluding carboxylic acids is 2. The number of nitrogens with zero attached hydrogens (tertiary/aromatic N) is 2. The van der Waals surface area contributed by atoms with Crippen LogP contribution in [0.5, 0.6) is 0 Å². The van der Waals surface area contributed by atoms with Gasteiger partial charge in [0.05, 0.1) is 6.04 Å². The van der Waals surface area contributed by atoms with Crippen molar-refractivity contribution in [3.05, 3.63) is 70.9 Å². The van der Waals surface area contributed by atoms with Crippen molar-refractivity contribution in [2.75, 3.05) is 26.2 Å². The van der Waals surface area contributed by atoms with Gasteiger partial charge in [-0.15, -0.1) is 0 Å². The minimum atomic E-state index is -0.248. The predicted molar refractivity (Wildman–Crippen MR) is 119 cm³/mol. The summed E-state index contributed by atoms with van der Waals surface area (Å²) in [5.74, 6) is -0.00830. The van der Waals surface area contributed by atoms with E-state index < -0.39 is 0 Å². The first-order valence-corrected chi connectivity index (χ1v) is 10.5. The lowest BCUT2D eigenvalue weighted by atomic mass is 10.2. The molecule has 2 heterocycles. The second-order valence-electron chi connectivity index (χ2n) is 7.62. The number of halogens is 1. The fourth-order valence-corrected chi connectivity index (χ4v) is 3.90. The fraction of sp³-hybridized carbons (Fsp3) is 0.304. The maximum absolute atomic E-state index is 12.9. The van der Waals surface area contributed by atoms with Gasteiger partial charge in [0.2, 0.25) is 5.91 Å². The van der Waals surface area contributed by atoms with Crippen LogP contribution >= 0.6 is 11.6 Å². The number of hydrogen-bond acceptors (Lipinski definition) is 3. The van der Waals surface area contributed by atoms with E-state index in [0.717, 1.165) is 16.5 Å². The molecule has 156 valence electrons. The Hall–Kier alpha value is -2.83. The lowest BCUT2D eigenvalue weighted by Gasteiger charge is -2.37. The van der Waals surface area contributed by atoms with E-state index in [9.17, 15) is 9.59 Å². The second-order valence-corrected chi connectivity index (χ2v) is 8.06. The Bertz CT molecular complexity index is 1010. The lowest BCUT2D eigenvalue weighted by molar-refractivity contribution is -0.126. The van der Waals surface area contributed by atoms with Gasteiger partial charge in [-0.3, -0.25) is 14.5 Å². The molecule has 1 fully saturated rings. The van der Waals surface area contributed by atoms with Crippen molar-refractivity contribution in [2.24, 2.45) is 0 Å². The van der Waals surface area contributed by atoms with Gasteiger partial charge in [-0.1, -0.05) is 41.9 Å². The molecule has 2 N–H and O–H groups in total. The van der Waals surface area contributed by atoms with Crippen LogP contribution in [0, 0.1) is 0 Å². The second kappa shape index (κ2) is 8.90. The molecule has 0 spiro atoms. The van der Waals surface area contributed by atoms with E-state index in [-0.39, 0.29) is 17.9 Å². The van der Waals surface area contributed by atoms with Gasteiger partial charge in [-0.2, -0.15) is 0 Å². The molecule has 30 heavy (non-hydrogen) atoms. The van der Waals surface area contributed by atoms with E-state index in [1.165, 1.54) is 0 Å². The van der Waals surface area contributed by atoms with Gasteiger partial charge < -0.3 is 15.2 Å². The third kappa shape index (κ3) is 4.50. The summed E-state index contributed by atoms with van der Waals surface area (Å²) < 4.78 is 0. The van der Waals surface area contributed by atoms with E-state index in [0.29, 0.717) is 43.4 Å². The SMILES string of the molecule is CC(C(=O)NCc1ccc(Cl)cc1)N1CCN(C(=O)c2cc3ccccc3[nH]2)CC1. The summed E-state index contributed by atoms with van der Waals surface area (Å²) in [6.07, 6.45) is 0. The first-order chi connectivity index (χ1) is 14.5. The van der Waals surface area contributed by atoms with Crippen molar-refractivity contribution in [3.8, 4) is 0 Å². The monoisotopic (exact) mass is 424 g/mol. The van der Waals surface area contributed by atoms with Crippen LogP contribution < -0.4 is 5.32 Å². The van der Waals surface area contributed by atoms with Crippen LogP contribution in [0.4, 0.5) is 0 Å². The van der Waals surface area contributed by atoms with Crippen molar-refractivity contribution < 1.29 is 9.59 Å². The number of benzene rings is 2. The van der Waals surface area contributed by atoms with Crippen molar-refractivity contribution in [1.82, 2.24) is 20.1 Å². The molecule has 0 bridgehead atoms. The minimum Gasteiger partial charge on any atom is -0.351 e. The number of aromatic amines is 1. The van der Waals surface area contributed by atoms with Gasteiger partial charge >= 0.3 is 0 Å². The first kappa shape index (κ1) is 20.4. The Kier molecular flexibility index (Phi) is 6.06. The summed E-state index contributed by atoms with van der Waals surface area (Å²) in [4.78, 5) is 32.6. The number of aromatic nitrogens is 1. The predicted octanol–water partition coefficient (Wildman–Crippen LogP) is 3.28. The Morgan fingerprint density at radius 3 is 2.47 bits per heavy atom. The van der Waals surface area contributed by atoms with Crippen LogP contribution in [0.2, 0.25) is 5.02 Å². The molecule has 0 radical (unpaired) electrons. The van der Waals surface area contributed by atoms with Crippen LogP contribution in [-0.4, -0.2) is 58.8 Å². The summed E-state index contributed by atoms with van der Waals surface area (Å²) in [6, 6.07) is 17.0. The van der Waals surface area contributed by atoms with E-state index in [1.54, 1.807) is 0 Å². The van der Waals surface area contributed by atoms with Gasteiger partial charge in [-0.05, 0) is 36.8 Å². The number of nitrogens with one attached hydrogen (secondary N) is 2. The Morgan fingerprint density at radius 1 is 1.07 bits per heavy atom. The summed E-state index contributed by atoms with van der Waals surface area (Å²) in [5, 5.41) is 4.69. The number of carbonyl (C=O) groups is 2. The number of fused-ring (bicyclic) bond motifs is 1. The quantitative estimate of drug-likeness (QED) is 0.660. The molecule has 1 atom stereocenters. The van der Waals surface area contributed by atoms with Gasteiger partial charge in [0.15, 0.2) is 0 Å². The topological polar surface area (TPSA) is 68.4 Å². The normalized spacial score (nSPS) is 15.9. The van der Waals surface area contributed by atoms with Crippen molar-refractivity contribution >= 4 is 34.3 Å². The smallest absolute Gasteiger partial charge is 0.270 e. The van der Waals surface area contributed by atoms with Crippen molar-refractivity contribution in [2.45, 2.75) is 19.5 Å². The molecule has 3 aromatic rings. The largest absolute Gasteiger partial charge is 0.351 e. The van der Waals surface area contributed by atoms with Crippen LogP contribution in [0.1, 0.15) is 23.0 Å². The maximum atomic E-state index is 12.9. The molecule has 1 unspecified atom stereocenters. The molecule has 1 aliphatic heterocycles. The molecule has 4 rings (SSSR count). The highest BCUT2D eigenvalue weighted by Gasteiger charge is 2.28. The average molecular weight is 425 g/mol. The number of hydrogen-bond donors (Lipinski definition) is 2. The van der Waals surface area contributed by atoms with E-state index in [4.69, 9.17) is 11.6 Å². The average Bonchev–Trinajstić information content (AvgIpc) is 3.22. The van der Waals surface area contributed by atoms with Crippen molar-refractivity contribution in [1.29, 1.82) is 0 Å². The molecule has 1 aliphatic rings. The summed E-state index contributed by atoms with van der Waals surface area (Å²) in [6.45, 7) is 4.92. The highest BCUT2D eigenvalue weighted by molar-refractivity contribution is 6.30. The standard InChI is InChI=1S/C23H25ClN4O2/c1-16(22(29)25-15-17-6-8-19(24)9-7-17)27-10-12-28(13-11-27)23(30)21-14-18-4-2-3-5-20(18)26-21/h2-9,14,16,26H,10-13,15H2,1H3,(H,25,29). The Morgan fingerprint density at radius 2 is 1.77 bits per heavy atom. The summed E-state index contributed by atoms with van der Waals surface area (Å²) >= 11 is 5.90. The molecule has 6 nitrogen and oxygen atoms in total. The van der Waals surface area contributed by atoms with Crippen LogP contribution in [0.25, 0.3) is 10.9 Å². The zero-order valence-corrected chi connectivity index (χ0v) is 17.7. The van der Waals surface area contributed by atoms with E-state index in [2.05, 4.69) is 15.2 Å². The third-order valence-corrected chi connectivity index (χ3v) is 5.92. The molecular weight excluding hydrogens is 400 g/mol. The Balaban J connectivity index is 1.29. The number of piperazine rings is 1. The third-order valence-electron chi connectivity index (χ3n) is 5.67. The minimum absolute atomic E-state index is 0.00527. The number of amides is 2. The fourth-order valence-electron chi connectivity index (χ4n) is 3.78. The highest BCUT2D eigenvalue weighted by atomic mass is 35.5. The molecule has 7 heteroatoms. The zero-order chi connectivity index (χ0) is 21.1. The molecule has 1 saturated heterocycles. The molecule has 2 aromatic carbocycles. The molecule has 0 saturated carbocycles. The molecular formula is C23H25ClN4O2. The van der Waals surface area contributed by atoms with Crippen LogP contribution in [-0.2, 0) is 11.3 Å². The van der Waals surface area contributed by atoms with E-state index in [1.807, 2.05) is 66.4 Å². The summed E-state index contributed by atoms with van der Waals surface area (Å²) in [7, 11) is 0. The van der Waals surface area contributed by atoms with Crippen LogP contribution in [0.3, 0.4) is 0 Å². The van der Waals surface area contributed by atoms with Crippen molar-refractivity contribution in [3.63, 3.8) is 0 Å². The number of H-pyrrole nitrogens is 1. The van der Waals surface area contributed by atoms with Gasteiger partial charge in [0.1, 0.15) is 5.69 Å². The van der Waals surface area contributed by atoms with Gasteiger partial charge in [-0.25, -0.2) is 0 Å².